The predicted molar refractivity (Wildman–Crippen MR) is 150 cm³/mol. The predicted octanol–water partition coefficient (Wildman–Crippen LogP) is 4.56. The van der Waals surface area contributed by atoms with E-state index in [2.05, 4.69) is 20.8 Å². The average Bonchev–Trinajstić information content (AvgIpc) is 3.10. The van der Waals surface area contributed by atoms with E-state index in [9.17, 15) is 14.9 Å². The molecule has 0 radical (unpaired) electrons. The minimum absolute atomic E-state index is 0.107. The van der Waals surface area contributed by atoms with Crippen LogP contribution in [-0.4, -0.2) is 53.5 Å². The molecular weight excluding hydrogens is 514 g/mol. The van der Waals surface area contributed by atoms with Gasteiger partial charge >= 0.3 is 0 Å². The Morgan fingerprint density at radius 3 is 2.59 bits per heavy atom. The van der Waals surface area contributed by atoms with Crippen LogP contribution in [-0.2, 0) is 4.79 Å². The number of hydrogen-bond acceptors (Lipinski definition) is 7. The van der Waals surface area contributed by atoms with Gasteiger partial charge in [-0.25, -0.2) is 4.99 Å². The van der Waals surface area contributed by atoms with Crippen molar-refractivity contribution in [3.63, 3.8) is 0 Å². The van der Waals surface area contributed by atoms with Gasteiger partial charge in [0.2, 0.25) is 0 Å². The number of carbonyl (C=O) groups is 1. The third kappa shape index (κ3) is 6.33. The number of halogens is 1. The van der Waals surface area contributed by atoms with Crippen molar-refractivity contribution in [3.05, 3.63) is 93.0 Å². The number of aliphatic imine (C=N–C) groups is 1. The normalized spacial score (nSPS) is 13.9. The fourth-order valence-electron chi connectivity index (χ4n) is 3.61. The van der Waals surface area contributed by atoms with Crippen LogP contribution in [0.4, 0.5) is 22.7 Å². The maximum absolute atomic E-state index is 13.2. The molecule has 0 aromatic heterocycles. The van der Waals surface area contributed by atoms with Gasteiger partial charge in [-0.1, -0.05) is 23.7 Å². The summed E-state index contributed by atoms with van der Waals surface area (Å²) >= 11 is 11.2. The molecule has 0 aliphatic carbocycles. The molecule has 3 aromatic rings. The second kappa shape index (κ2) is 11.2. The molecule has 0 saturated carbocycles. The zero-order valence-corrected chi connectivity index (χ0v) is 21.5. The summed E-state index contributed by atoms with van der Waals surface area (Å²) < 4.78 is 0. The molecule has 2 N–H and O–H groups in total. The Balaban J connectivity index is 1.49. The second-order valence-electron chi connectivity index (χ2n) is 8.30. The van der Waals surface area contributed by atoms with Gasteiger partial charge in [0, 0.05) is 28.4 Å². The van der Waals surface area contributed by atoms with Gasteiger partial charge in [-0.2, -0.15) is 5.10 Å². The Bertz CT molecular complexity index is 1420. The van der Waals surface area contributed by atoms with Gasteiger partial charge in [-0.05, 0) is 74.3 Å². The lowest BCUT2D eigenvalue weighted by Gasteiger charge is -2.21. The first-order valence-electron chi connectivity index (χ1n) is 11.0. The SMILES string of the molecule is CN(C)CN1C(=O)C(=Nc2ccc(NC(=S)NN=Cc3cccc(Cl)c3)cc2)c2cc([N+](=O)[O-])ccc21. The molecule has 0 bridgehead atoms. The summed E-state index contributed by atoms with van der Waals surface area (Å²) in [6.45, 7) is 0.315. The van der Waals surface area contributed by atoms with Crippen molar-refractivity contribution < 1.29 is 9.72 Å². The third-order valence-electron chi connectivity index (χ3n) is 5.20. The molecule has 188 valence electrons. The van der Waals surface area contributed by atoms with Gasteiger partial charge in [-0.15, -0.1) is 0 Å². The highest BCUT2D eigenvalue weighted by Crippen LogP contribution is 2.34. The van der Waals surface area contributed by atoms with Crippen molar-refractivity contribution in [2.75, 3.05) is 31.0 Å². The lowest BCUT2D eigenvalue weighted by molar-refractivity contribution is -0.384. The summed E-state index contributed by atoms with van der Waals surface area (Å²) in [5.41, 5.74) is 5.79. The molecule has 1 heterocycles. The molecule has 0 fully saturated rings. The van der Waals surface area contributed by atoms with Crippen LogP contribution in [0, 0.1) is 10.1 Å². The van der Waals surface area contributed by atoms with Crippen LogP contribution < -0.4 is 15.6 Å². The molecule has 0 saturated heterocycles. The molecule has 3 aromatic carbocycles. The van der Waals surface area contributed by atoms with Crippen LogP contribution in [0.2, 0.25) is 5.02 Å². The zero-order chi connectivity index (χ0) is 26.5. The fraction of sp³-hybridized carbons (Fsp3) is 0.120. The van der Waals surface area contributed by atoms with Gasteiger partial charge in [-0.3, -0.25) is 30.1 Å². The molecule has 12 heteroatoms. The lowest BCUT2D eigenvalue weighted by Crippen LogP contribution is -2.37. The van der Waals surface area contributed by atoms with Crippen LogP contribution in [0.3, 0.4) is 0 Å². The van der Waals surface area contributed by atoms with Crippen molar-refractivity contribution in [2.45, 2.75) is 0 Å². The number of nitro groups is 1. The molecule has 1 aliphatic heterocycles. The number of hydrazone groups is 1. The molecule has 0 atom stereocenters. The maximum atomic E-state index is 13.2. The van der Waals surface area contributed by atoms with E-state index < -0.39 is 4.92 Å². The summed E-state index contributed by atoms with van der Waals surface area (Å²) in [6.07, 6.45) is 1.60. The molecule has 1 aliphatic rings. The molecule has 0 spiro atoms. The minimum atomic E-state index is -0.493. The second-order valence-corrected chi connectivity index (χ2v) is 9.14. The van der Waals surface area contributed by atoms with E-state index >= 15 is 0 Å². The fourth-order valence-corrected chi connectivity index (χ4v) is 3.98. The smallest absolute Gasteiger partial charge is 0.278 e. The van der Waals surface area contributed by atoms with Gasteiger partial charge in [0.05, 0.1) is 29.2 Å². The highest BCUT2D eigenvalue weighted by molar-refractivity contribution is 7.80. The number of nitro benzene ring substituents is 1. The monoisotopic (exact) mass is 535 g/mol. The van der Waals surface area contributed by atoms with Gasteiger partial charge in [0.25, 0.3) is 11.6 Å². The first kappa shape index (κ1) is 25.9. The largest absolute Gasteiger partial charge is 0.331 e. The minimum Gasteiger partial charge on any atom is -0.331 e. The lowest BCUT2D eigenvalue weighted by atomic mass is 10.1. The number of rotatable bonds is 7. The molecular formula is C25H22ClN7O3S. The van der Waals surface area contributed by atoms with Gasteiger partial charge < -0.3 is 5.32 Å². The third-order valence-corrected chi connectivity index (χ3v) is 5.63. The molecule has 4 rings (SSSR count). The number of non-ortho nitro benzene ring substituents is 1. The van der Waals surface area contributed by atoms with Gasteiger partial charge in [0.15, 0.2) is 5.11 Å². The first-order chi connectivity index (χ1) is 17.7. The summed E-state index contributed by atoms with van der Waals surface area (Å²) in [6, 6.07) is 18.5. The van der Waals surface area contributed by atoms with E-state index in [1.165, 1.54) is 12.1 Å². The summed E-state index contributed by atoms with van der Waals surface area (Å²) in [5.74, 6) is -0.325. The van der Waals surface area contributed by atoms with E-state index in [1.54, 1.807) is 53.6 Å². The van der Waals surface area contributed by atoms with Crippen LogP contribution >= 0.6 is 23.8 Å². The Hall–Kier alpha value is -4.19. The number of thiocarbonyl (C=S) groups is 1. The van der Waals surface area contributed by atoms with E-state index in [-0.39, 0.29) is 22.4 Å². The number of carbonyl (C=O) groups excluding carboxylic acids is 1. The summed E-state index contributed by atoms with van der Waals surface area (Å²) in [5, 5.41) is 19.3. The number of benzene rings is 3. The zero-order valence-electron chi connectivity index (χ0n) is 19.9. The van der Waals surface area contributed by atoms with Crippen molar-refractivity contribution in [1.29, 1.82) is 0 Å². The quantitative estimate of drug-likeness (QED) is 0.197. The number of hydrogen-bond donors (Lipinski definition) is 2. The topological polar surface area (TPSA) is 115 Å². The maximum Gasteiger partial charge on any atom is 0.278 e. The number of nitrogens with one attached hydrogen (secondary N) is 2. The molecule has 0 unspecified atom stereocenters. The average molecular weight is 536 g/mol. The summed E-state index contributed by atoms with van der Waals surface area (Å²) in [7, 11) is 3.67. The van der Waals surface area contributed by atoms with E-state index in [0.717, 1.165) is 5.56 Å². The van der Waals surface area contributed by atoms with Crippen molar-refractivity contribution in [1.82, 2.24) is 10.3 Å². The standard InChI is InChI=1S/C25H22ClN7O3S/c1-31(2)15-32-22-11-10-20(33(35)36)13-21(22)23(24(32)34)28-18-6-8-19(9-7-18)29-25(37)30-27-14-16-4-3-5-17(26)12-16/h3-14H,15H2,1-2H3,(H2,29,30,37). The molecule has 1 amide bonds. The first-order valence-corrected chi connectivity index (χ1v) is 11.8. The summed E-state index contributed by atoms with van der Waals surface area (Å²) in [4.78, 5) is 31.9. The van der Waals surface area contributed by atoms with Crippen molar-refractivity contribution in [3.8, 4) is 0 Å². The number of fused-ring (bicyclic) bond motifs is 1. The van der Waals surface area contributed by atoms with Crippen molar-refractivity contribution >= 4 is 69.5 Å². The Labute approximate surface area is 223 Å². The van der Waals surface area contributed by atoms with Crippen LogP contribution in [0.1, 0.15) is 11.1 Å². The van der Waals surface area contributed by atoms with E-state index in [0.29, 0.717) is 34.3 Å². The van der Waals surface area contributed by atoms with E-state index in [4.69, 9.17) is 23.8 Å². The highest BCUT2D eigenvalue weighted by Gasteiger charge is 2.35. The number of amides is 1. The molecule has 10 nitrogen and oxygen atoms in total. The Kier molecular flexibility index (Phi) is 7.87. The van der Waals surface area contributed by atoms with Crippen LogP contribution in [0.5, 0.6) is 0 Å². The van der Waals surface area contributed by atoms with Crippen LogP contribution in [0.25, 0.3) is 0 Å². The molecule has 37 heavy (non-hydrogen) atoms. The number of anilines is 2. The van der Waals surface area contributed by atoms with E-state index in [1.807, 2.05) is 31.1 Å². The van der Waals surface area contributed by atoms with Crippen LogP contribution in [0.15, 0.2) is 76.8 Å². The Morgan fingerprint density at radius 2 is 1.92 bits per heavy atom. The van der Waals surface area contributed by atoms with Gasteiger partial charge in [0.1, 0.15) is 5.71 Å². The highest BCUT2D eigenvalue weighted by atomic mass is 35.5. The Morgan fingerprint density at radius 1 is 1.16 bits per heavy atom. The number of nitrogens with zero attached hydrogens (tertiary/aromatic N) is 5. The van der Waals surface area contributed by atoms with Crippen molar-refractivity contribution in [2.24, 2.45) is 10.1 Å².